The lowest BCUT2D eigenvalue weighted by Crippen LogP contribution is -2.24. The first-order valence-electron chi connectivity index (χ1n) is 12.2. The molecule has 2 aromatic carbocycles. The monoisotopic (exact) mass is 478 g/mol. The normalized spacial score (nSPS) is 11.3. The largest absolute Gasteiger partial charge is 0.497 e. The average Bonchev–Trinajstić information content (AvgIpc) is 3.15. The van der Waals surface area contributed by atoms with Crippen LogP contribution in [0.3, 0.4) is 0 Å². The molecule has 0 unspecified atom stereocenters. The number of aromatic nitrogens is 1. The van der Waals surface area contributed by atoms with Crippen molar-refractivity contribution in [3.63, 3.8) is 0 Å². The number of hydrogen-bond donors (Lipinski definition) is 2. The Bertz CT molecular complexity index is 1150. The second-order valence-electron chi connectivity index (χ2n) is 8.44. The van der Waals surface area contributed by atoms with E-state index >= 15 is 0 Å². The summed E-state index contributed by atoms with van der Waals surface area (Å²) in [6.45, 7) is 3.34. The van der Waals surface area contributed by atoms with E-state index in [-0.39, 0.29) is 29.8 Å². The number of ether oxygens (including phenoxy) is 1. The first kappa shape index (κ1) is 25.9. The summed E-state index contributed by atoms with van der Waals surface area (Å²) in [6, 6.07) is 14.6. The van der Waals surface area contributed by atoms with Crippen molar-refractivity contribution < 1.29 is 19.4 Å². The van der Waals surface area contributed by atoms with Gasteiger partial charge in [0.1, 0.15) is 5.75 Å². The van der Waals surface area contributed by atoms with Crippen molar-refractivity contribution in [1.29, 1.82) is 0 Å². The molecule has 1 heterocycles. The summed E-state index contributed by atoms with van der Waals surface area (Å²) in [5, 5.41) is 22.4. The fourth-order valence-electron chi connectivity index (χ4n) is 3.90. The van der Waals surface area contributed by atoms with Gasteiger partial charge in [0.2, 0.25) is 5.88 Å². The second kappa shape index (κ2) is 13.3. The molecule has 1 aromatic heterocycles. The van der Waals surface area contributed by atoms with Gasteiger partial charge in [-0.1, -0.05) is 44.4 Å². The fraction of sp³-hybridized carbons (Fsp3) is 0.407. The standard InChI is InChI=1S/C27H34N4O4/c1-3-4-11-18-31-23-16-15-21(35-2)19-22(23)25(27(31)34)30-29-24(32)14-9-6-10-17-28-26(33)20-12-7-5-8-13-20/h5,7-8,12-13,15-16,19,34H,3-4,6,9-11,14,17-18H2,1-2H3,(H,28,33). The Morgan fingerprint density at radius 2 is 1.83 bits per heavy atom. The molecule has 0 aliphatic carbocycles. The summed E-state index contributed by atoms with van der Waals surface area (Å²) in [5.74, 6) is 0.216. The third-order valence-electron chi connectivity index (χ3n) is 5.85. The number of benzene rings is 2. The molecule has 0 bridgehead atoms. The van der Waals surface area contributed by atoms with Crippen molar-refractivity contribution in [2.24, 2.45) is 10.2 Å². The van der Waals surface area contributed by atoms with Crippen LogP contribution in [0.2, 0.25) is 0 Å². The number of methoxy groups -OCH3 is 1. The minimum atomic E-state index is -0.340. The highest BCUT2D eigenvalue weighted by Gasteiger charge is 2.17. The Balaban J connectivity index is 1.53. The summed E-state index contributed by atoms with van der Waals surface area (Å²) in [6.07, 6.45) is 5.54. The van der Waals surface area contributed by atoms with Gasteiger partial charge in [0.25, 0.3) is 11.8 Å². The van der Waals surface area contributed by atoms with E-state index in [2.05, 4.69) is 22.5 Å². The summed E-state index contributed by atoms with van der Waals surface area (Å²) in [4.78, 5) is 24.3. The fourth-order valence-corrected chi connectivity index (χ4v) is 3.90. The molecule has 186 valence electrons. The number of aromatic hydroxyl groups is 1. The maximum Gasteiger partial charge on any atom is 0.264 e. The van der Waals surface area contributed by atoms with Gasteiger partial charge in [0.05, 0.1) is 12.6 Å². The van der Waals surface area contributed by atoms with E-state index in [1.807, 2.05) is 34.9 Å². The molecule has 8 nitrogen and oxygen atoms in total. The number of amides is 2. The van der Waals surface area contributed by atoms with Gasteiger partial charge in [-0.2, -0.15) is 0 Å². The number of aryl methyl sites for hydroxylation is 1. The van der Waals surface area contributed by atoms with Crippen LogP contribution in [0, 0.1) is 0 Å². The van der Waals surface area contributed by atoms with E-state index < -0.39 is 0 Å². The minimum Gasteiger partial charge on any atom is -0.497 e. The number of hydrogen-bond acceptors (Lipinski definition) is 5. The zero-order chi connectivity index (χ0) is 25.0. The van der Waals surface area contributed by atoms with Crippen LogP contribution < -0.4 is 10.1 Å². The molecule has 2 N–H and O–H groups in total. The van der Waals surface area contributed by atoms with Gasteiger partial charge in [-0.15, -0.1) is 10.2 Å². The van der Waals surface area contributed by atoms with Crippen LogP contribution in [0.25, 0.3) is 10.9 Å². The number of azo groups is 1. The van der Waals surface area contributed by atoms with E-state index in [4.69, 9.17) is 4.74 Å². The lowest BCUT2D eigenvalue weighted by Gasteiger charge is -2.06. The van der Waals surface area contributed by atoms with Gasteiger partial charge < -0.3 is 19.7 Å². The second-order valence-corrected chi connectivity index (χ2v) is 8.44. The van der Waals surface area contributed by atoms with Gasteiger partial charge in [0.15, 0.2) is 5.69 Å². The Labute approximate surface area is 206 Å². The molecule has 0 saturated heterocycles. The van der Waals surface area contributed by atoms with Gasteiger partial charge >= 0.3 is 0 Å². The third kappa shape index (κ3) is 7.15. The molecule has 8 heteroatoms. The average molecular weight is 479 g/mol. The van der Waals surface area contributed by atoms with Crippen LogP contribution >= 0.6 is 0 Å². The highest BCUT2D eigenvalue weighted by atomic mass is 16.5. The van der Waals surface area contributed by atoms with Gasteiger partial charge in [-0.3, -0.25) is 9.59 Å². The summed E-state index contributed by atoms with van der Waals surface area (Å²) < 4.78 is 7.13. The van der Waals surface area contributed by atoms with E-state index in [0.29, 0.717) is 36.2 Å². The number of carbonyl (C=O) groups excluding carboxylic acids is 2. The molecule has 0 fully saturated rings. The SMILES string of the molecule is CCCCCn1c(O)c(N=NC(=O)CCCCCNC(=O)c2ccccc2)c2cc(OC)ccc21. The third-order valence-corrected chi connectivity index (χ3v) is 5.85. The van der Waals surface area contributed by atoms with Gasteiger partial charge in [-0.05, 0) is 49.6 Å². The van der Waals surface area contributed by atoms with Crippen LogP contribution in [-0.2, 0) is 11.3 Å². The number of carbonyl (C=O) groups is 2. The number of nitrogens with one attached hydrogen (secondary N) is 1. The maximum absolute atomic E-state index is 12.3. The summed E-state index contributed by atoms with van der Waals surface area (Å²) in [7, 11) is 1.58. The minimum absolute atomic E-state index is 0.00932. The molecule has 0 aliphatic rings. The topological polar surface area (TPSA) is 105 Å². The van der Waals surface area contributed by atoms with E-state index in [9.17, 15) is 14.7 Å². The number of unbranched alkanes of at least 4 members (excludes halogenated alkanes) is 4. The number of rotatable bonds is 13. The first-order chi connectivity index (χ1) is 17.0. The molecule has 3 aromatic rings. The Hall–Kier alpha value is -3.68. The van der Waals surface area contributed by atoms with Crippen LogP contribution in [-0.4, -0.2) is 35.1 Å². The quantitative estimate of drug-likeness (QED) is 0.227. The molecule has 0 aliphatic heterocycles. The predicted octanol–water partition coefficient (Wildman–Crippen LogP) is 6.15. The van der Waals surface area contributed by atoms with Crippen LogP contribution in [0.15, 0.2) is 58.8 Å². The van der Waals surface area contributed by atoms with Crippen molar-refractivity contribution in [2.75, 3.05) is 13.7 Å². The van der Waals surface area contributed by atoms with Crippen molar-refractivity contribution in [3.05, 3.63) is 54.1 Å². The van der Waals surface area contributed by atoms with E-state index in [1.54, 1.807) is 25.3 Å². The number of nitrogens with zero attached hydrogens (tertiary/aromatic N) is 3. The lowest BCUT2D eigenvalue weighted by atomic mass is 10.2. The first-order valence-corrected chi connectivity index (χ1v) is 12.2. The van der Waals surface area contributed by atoms with Crippen LogP contribution in [0.1, 0.15) is 62.2 Å². The van der Waals surface area contributed by atoms with Crippen molar-refractivity contribution >= 4 is 28.4 Å². The van der Waals surface area contributed by atoms with E-state index in [0.717, 1.165) is 37.6 Å². The molecule has 35 heavy (non-hydrogen) atoms. The molecule has 0 saturated carbocycles. The smallest absolute Gasteiger partial charge is 0.264 e. The number of fused-ring (bicyclic) bond motifs is 1. The zero-order valence-electron chi connectivity index (χ0n) is 20.5. The molecule has 0 radical (unpaired) electrons. The van der Waals surface area contributed by atoms with Crippen LogP contribution in [0.5, 0.6) is 11.6 Å². The highest BCUT2D eigenvalue weighted by molar-refractivity contribution is 5.96. The molecular formula is C27H34N4O4. The van der Waals surface area contributed by atoms with Crippen molar-refractivity contribution in [2.45, 2.75) is 58.4 Å². The summed E-state index contributed by atoms with van der Waals surface area (Å²) in [5.41, 5.74) is 1.75. The molecule has 0 atom stereocenters. The Morgan fingerprint density at radius 3 is 2.57 bits per heavy atom. The summed E-state index contributed by atoms with van der Waals surface area (Å²) >= 11 is 0. The Kier molecular flexibility index (Phi) is 9.83. The molecule has 0 spiro atoms. The lowest BCUT2D eigenvalue weighted by molar-refractivity contribution is -0.118. The van der Waals surface area contributed by atoms with Gasteiger partial charge in [-0.25, -0.2) is 0 Å². The Morgan fingerprint density at radius 1 is 1.03 bits per heavy atom. The molecular weight excluding hydrogens is 444 g/mol. The zero-order valence-corrected chi connectivity index (χ0v) is 20.5. The van der Waals surface area contributed by atoms with Gasteiger partial charge in [0, 0.05) is 30.5 Å². The highest BCUT2D eigenvalue weighted by Crippen LogP contribution is 2.40. The maximum atomic E-state index is 12.3. The van der Waals surface area contributed by atoms with E-state index in [1.165, 1.54) is 0 Å². The molecule has 2 amide bonds. The van der Waals surface area contributed by atoms with Crippen molar-refractivity contribution in [1.82, 2.24) is 9.88 Å². The predicted molar refractivity (Wildman–Crippen MR) is 136 cm³/mol. The molecule has 3 rings (SSSR count). The van der Waals surface area contributed by atoms with Crippen molar-refractivity contribution in [3.8, 4) is 11.6 Å². The van der Waals surface area contributed by atoms with Crippen LogP contribution in [0.4, 0.5) is 5.69 Å².